The van der Waals surface area contributed by atoms with Crippen molar-refractivity contribution in [2.24, 2.45) is 0 Å². The molecule has 0 aliphatic heterocycles. The van der Waals surface area contributed by atoms with Crippen LogP contribution in [-0.4, -0.2) is 34.7 Å². The molecule has 2 aromatic rings. The largest absolute Gasteiger partial charge is 0.338 e. The van der Waals surface area contributed by atoms with Crippen molar-refractivity contribution in [2.45, 2.75) is 47.1 Å². The fourth-order valence-electron chi connectivity index (χ4n) is 2.81. The van der Waals surface area contributed by atoms with E-state index in [2.05, 4.69) is 48.4 Å². The van der Waals surface area contributed by atoms with Gasteiger partial charge in [-0.1, -0.05) is 29.8 Å². The van der Waals surface area contributed by atoms with Gasteiger partial charge in [0.2, 0.25) is 5.89 Å². The molecule has 0 unspecified atom stereocenters. The number of hydrogen-bond acceptors (Lipinski definition) is 4. The zero-order valence-corrected chi connectivity index (χ0v) is 15.1. The number of nitrogens with zero attached hydrogens (tertiary/aromatic N) is 3. The molecule has 0 fully saturated rings. The molecule has 0 spiro atoms. The molecule has 0 saturated carbocycles. The van der Waals surface area contributed by atoms with Crippen LogP contribution in [0.1, 0.15) is 40.9 Å². The summed E-state index contributed by atoms with van der Waals surface area (Å²) in [6.07, 6.45) is 1.53. The van der Waals surface area contributed by atoms with Gasteiger partial charge in [0.05, 0.1) is 0 Å². The Balaban J connectivity index is 1.84. The van der Waals surface area contributed by atoms with Crippen molar-refractivity contribution < 1.29 is 9.32 Å². The maximum atomic E-state index is 12.2. The van der Waals surface area contributed by atoms with Crippen LogP contribution in [0.5, 0.6) is 0 Å². The van der Waals surface area contributed by atoms with E-state index < -0.39 is 0 Å². The Labute approximate surface area is 143 Å². The van der Waals surface area contributed by atoms with E-state index in [0.29, 0.717) is 31.2 Å². The molecule has 0 aliphatic rings. The maximum Gasteiger partial charge on any atom is 0.317 e. The van der Waals surface area contributed by atoms with E-state index in [4.69, 9.17) is 4.52 Å². The Morgan fingerprint density at radius 2 is 1.92 bits per heavy atom. The Morgan fingerprint density at radius 1 is 1.25 bits per heavy atom. The van der Waals surface area contributed by atoms with Crippen molar-refractivity contribution in [2.75, 3.05) is 13.6 Å². The van der Waals surface area contributed by atoms with Gasteiger partial charge in [-0.15, -0.1) is 0 Å². The molecule has 2 amide bonds. The predicted molar refractivity (Wildman–Crippen MR) is 92.9 cm³/mol. The topological polar surface area (TPSA) is 71.3 Å². The van der Waals surface area contributed by atoms with Gasteiger partial charge in [-0.05, 0) is 43.9 Å². The van der Waals surface area contributed by atoms with Gasteiger partial charge in [0.25, 0.3) is 0 Å². The highest BCUT2D eigenvalue weighted by Crippen LogP contribution is 2.16. The molecule has 1 aromatic carbocycles. The van der Waals surface area contributed by atoms with Crippen molar-refractivity contribution in [3.05, 3.63) is 46.1 Å². The van der Waals surface area contributed by atoms with Gasteiger partial charge in [0.15, 0.2) is 5.82 Å². The quantitative estimate of drug-likeness (QED) is 0.884. The number of carbonyl (C=O) groups excluding carboxylic acids is 1. The second-order valence-corrected chi connectivity index (χ2v) is 6.17. The summed E-state index contributed by atoms with van der Waals surface area (Å²) in [5.74, 6) is 1.11. The molecule has 0 saturated heterocycles. The van der Waals surface area contributed by atoms with Crippen LogP contribution in [0, 0.1) is 20.8 Å². The molecule has 0 radical (unpaired) electrons. The molecule has 130 valence electrons. The van der Waals surface area contributed by atoms with Crippen molar-refractivity contribution in [1.82, 2.24) is 20.4 Å². The number of rotatable bonds is 6. The van der Waals surface area contributed by atoms with Crippen LogP contribution in [0.25, 0.3) is 0 Å². The fraction of sp³-hybridized carbons (Fsp3) is 0.500. The molecular weight excluding hydrogens is 304 g/mol. The minimum absolute atomic E-state index is 0.145. The van der Waals surface area contributed by atoms with Gasteiger partial charge in [-0.3, -0.25) is 0 Å². The zero-order valence-electron chi connectivity index (χ0n) is 15.1. The molecular formula is C18H26N4O2. The van der Waals surface area contributed by atoms with E-state index in [9.17, 15) is 4.79 Å². The lowest BCUT2D eigenvalue weighted by Gasteiger charge is -2.17. The first-order chi connectivity index (χ1) is 11.4. The average molecular weight is 330 g/mol. The summed E-state index contributed by atoms with van der Waals surface area (Å²) in [5, 5.41) is 6.77. The van der Waals surface area contributed by atoms with Gasteiger partial charge < -0.3 is 14.7 Å². The van der Waals surface area contributed by atoms with Gasteiger partial charge in [0.1, 0.15) is 6.54 Å². The van der Waals surface area contributed by atoms with Crippen molar-refractivity contribution in [3.8, 4) is 0 Å². The Morgan fingerprint density at radius 3 is 2.50 bits per heavy atom. The maximum absolute atomic E-state index is 12.2. The Kier molecular flexibility index (Phi) is 5.95. The number of urea groups is 1. The number of amides is 2. The first-order valence-corrected chi connectivity index (χ1v) is 8.27. The first-order valence-electron chi connectivity index (χ1n) is 8.27. The Hall–Kier alpha value is -2.37. The SMILES string of the molecule is CCc1noc(CN(C)C(=O)NCCc2c(C)cc(C)cc2C)n1. The standard InChI is InChI=1S/C18H26N4O2/c1-6-16-20-17(24-21-16)11-22(5)18(23)19-8-7-15-13(3)9-12(2)10-14(15)4/h9-10H,6-8,11H2,1-5H3,(H,19,23). The summed E-state index contributed by atoms with van der Waals surface area (Å²) in [6, 6.07) is 4.21. The van der Waals surface area contributed by atoms with E-state index in [-0.39, 0.29) is 6.03 Å². The molecule has 0 aliphatic carbocycles. The number of benzene rings is 1. The summed E-state index contributed by atoms with van der Waals surface area (Å²) >= 11 is 0. The lowest BCUT2D eigenvalue weighted by molar-refractivity contribution is 0.199. The molecule has 2 rings (SSSR count). The third-order valence-electron chi connectivity index (χ3n) is 4.04. The third kappa shape index (κ3) is 4.57. The highest BCUT2D eigenvalue weighted by atomic mass is 16.5. The van der Waals surface area contributed by atoms with Crippen LogP contribution in [0.3, 0.4) is 0 Å². The lowest BCUT2D eigenvalue weighted by Crippen LogP contribution is -2.38. The average Bonchev–Trinajstić information content (AvgIpc) is 2.97. The second kappa shape index (κ2) is 7.95. The highest BCUT2D eigenvalue weighted by Gasteiger charge is 2.13. The summed E-state index contributed by atoms with van der Waals surface area (Å²) in [7, 11) is 1.72. The molecule has 6 heteroatoms. The predicted octanol–water partition coefficient (Wildman–Crippen LogP) is 2.94. The summed E-state index contributed by atoms with van der Waals surface area (Å²) in [4.78, 5) is 17.9. The van der Waals surface area contributed by atoms with Crippen LogP contribution < -0.4 is 5.32 Å². The molecule has 24 heavy (non-hydrogen) atoms. The van der Waals surface area contributed by atoms with Gasteiger partial charge in [-0.25, -0.2) is 4.79 Å². The van der Waals surface area contributed by atoms with E-state index >= 15 is 0 Å². The van der Waals surface area contributed by atoms with Crippen LogP contribution in [0.2, 0.25) is 0 Å². The Bertz CT molecular complexity index is 686. The smallest absolute Gasteiger partial charge is 0.317 e. The van der Waals surface area contributed by atoms with E-state index in [1.54, 1.807) is 11.9 Å². The normalized spacial score (nSPS) is 10.7. The molecule has 1 N–H and O–H groups in total. The summed E-state index contributed by atoms with van der Waals surface area (Å²) in [5.41, 5.74) is 5.11. The van der Waals surface area contributed by atoms with Crippen molar-refractivity contribution >= 4 is 6.03 Å². The van der Waals surface area contributed by atoms with Crippen LogP contribution in [-0.2, 0) is 19.4 Å². The molecule has 0 atom stereocenters. The second-order valence-electron chi connectivity index (χ2n) is 6.17. The molecule has 1 aromatic heterocycles. The fourth-order valence-corrected chi connectivity index (χ4v) is 2.81. The number of aryl methyl sites for hydroxylation is 4. The monoisotopic (exact) mass is 330 g/mol. The van der Waals surface area contributed by atoms with Crippen molar-refractivity contribution in [1.29, 1.82) is 0 Å². The van der Waals surface area contributed by atoms with E-state index in [0.717, 1.165) is 6.42 Å². The van der Waals surface area contributed by atoms with Crippen LogP contribution in [0.15, 0.2) is 16.7 Å². The molecule has 6 nitrogen and oxygen atoms in total. The molecule has 0 bridgehead atoms. The molecule has 1 heterocycles. The number of nitrogens with one attached hydrogen (secondary N) is 1. The minimum Gasteiger partial charge on any atom is -0.338 e. The number of aromatic nitrogens is 2. The lowest BCUT2D eigenvalue weighted by atomic mass is 9.97. The van der Waals surface area contributed by atoms with Crippen LogP contribution >= 0.6 is 0 Å². The highest BCUT2D eigenvalue weighted by molar-refractivity contribution is 5.73. The first kappa shape index (κ1) is 18.0. The number of hydrogen-bond donors (Lipinski definition) is 1. The van der Waals surface area contributed by atoms with E-state index in [1.807, 2.05) is 6.92 Å². The van der Waals surface area contributed by atoms with E-state index in [1.165, 1.54) is 22.3 Å². The van der Waals surface area contributed by atoms with Gasteiger partial charge in [-0.2, -0.15) is 4.98 Å². The van der Waals surface area contributed by atoms with Crippen molar-refractivity contribution in [3.63, 3.8) is 0 Å². The minimum atomic E-state index is -0.145. The summed E-state index contributed by atoms with van der Waals surface area (Å²) < 4.78 is 5.11. The number of carbonyl (C=O) groups is 1. The van der Waals surface area contributed by atoms with Crippen LogP contribution in [0.4, 0.5) is 4.79 Å². The van der Waals surface area contributed by atoms with Gasteiger partial charge in [0, 0.05) is 20.0 Å². The summed E-state index contributed by atoms with van der Waals surface area (Å²) in [6.45, 7) is 9.19. The third-order valence-corrected chi connectivity index (χ3v) is 4.04. The zero-order chi connectivity index (χ0) is 17.7. The van der Waals surface area contributed by atoms with Gasteiger partial charge >= 0.3 is 6.03 Å².